The summed E-state index contributed by atoms with van der Waals surface area (Å²) < 4.78 is 0. The molecule has 1 aliphatic rings. The Bertz CT molecular complexity index is 520. The Kier molecular flexibility index (Phi) is 5.87. The second-order valence-corrected chi connectivity index (χ2v) is 12.4. The number of hydrogen-bond acceptors (Lipinski definition) is 2. The molecule has 128 valence electrons. The lowest BCUT2D eigenvalue weighted by Gasteiger charge is -2.52. The molecule has 0 radical (unpaired) electrons. The zero-order chi connectivity index (χ0) is 17.1. The average Bonchev–Trinajstić information content (AvgIpc) is 2.56. The molecule has 0 aliphatic heterocycles. The van der Waals surface area contributed by atoms with Crippen molar-refractivity contribution in [2.75, 3.05) is 6.61 Å². The third-order valence-electron chi connectivity index (χ3n) is 6.03. The molecule has 1 aliphatic carbocycles. The SMILES string of the molecule is C=C(C)[C@H](CO)[C@](O)(C1CCCCC1)[Si](C)(C)c1ccccc1. The number of hydrogen-bond donors (Lipinski definition) is 2. The van der Waals surface area contributed by atoms with Crippen molar-refractivity contribution in [3.05, 3.63) is 42.5 Å². The van der Waals surface area contributed by atoms with Crippen LogP contribution in [0.5, 0.6) is 0 Å². The van der Waals surface area contributed by atoms with Crippen LogP contribution < -0.4 is 5.19 Å². The monoisotopic (exact) mass is 332 g/mol. The fourth-order valence-electron chi connectivity index (χ4n) is 4.53. The van der Waals surface area contributed by atoms with Crippen LogP contribution in [0.25, 0.3) is 0 Å². The first-order valence-electron chi connectivity index (χ1n) is 8.89. The fourth-order valence-corrected chi connectivity index (χ4v) is 8.54. The van der Waals surface area contributed by atoms with E-state index in [1.807, 2.05) is 13.0 Å². The van der Waals surface area contributed by atoms with Gasteiger partial charge in [-0.25, -0.2) is 0 Å². The lowest BCUT2D eigenvalue weighted by Crippen LogP contribution is -2.70. The summed E-state index contributed by atoms with van der Waals surface area (Å²) in [6.45, 7) is 10.5. The van der Waals surface area contributed by atoms with E-state index in [4.69, 9.17) is 0 Å². The van der Waals surface area contributed by atoms with Crippen molar-refractivity contribution in [3.8, 4) is 0 Å². The molecule has 1 fully saturated rings. The lowest BCUT2D eigenvalue weighted by molar-refractivity contribution is -0.0228. The van der Waals surface area contributed by atoms with Crippen molar-refractivity contribution in [1.29, 1.82) is 0 Å². The van der Waals surface area contributed by atoms with E-state index in [9.17, 15) is 10.2 Å². The first-order valence-corrected chi connectivity index (χ1v) is 11.9. The first kappa shape index (κ1) is 18.4. The summed E-state index contributed by atoms with van der Waals surface area (Å²) >= 11 is 0. The van der Waals surface area contributed by atoms with Crippen LogP contribution in [0.1, 0.15) is 39.0 Å². The van der Waals surface area contributed by atoms with E-state index >= 15 is 0 Å². The van der Waals surface area contributed by atoms with E-state index in [-0.39, 0.29) is 18.4 Å². The molecule has 1 aromatic carbocycles. The molecule has 0 aromatic heterocycles. The van der Waals surface area contributed by atoms with E-state index in [0.29, 0.717) is 0 Å². The summed E-state index contributed by atoms with van der Waals surface area (Å²) in [7, 11) is -2.23. The van der Waals surface area contributed by atoms with E-state index < -0.39 is 13.3 Å². The van der Waals surface area contributed by atoms with Crippen LogP contribution in [-0.2, 0) is 0 Å². The van der Waals surface area contributed by atoms with E-state index in [2.05, 4.69) is 43.9 Å². The van der Waals surface area contributed by atoms with Crippen LogP contribution in [0.3, 0.4) is 0 Å². The van der Waals surface area contributed by atoms with Crippen molar-refractivity contribution in [3.63, 3.8) is 0 Å². The smallest absolute Gasteiger partial charge is 0.118 e. The topological polar surface area (TPSA) is 40.5 Å². The average molecular weight is 333 g/mol. The van der Waals surface area contributed by atoms with Crippen LogP contribution >= 0.6 is 0 Å². The molecule has 0 unspecified atom stereocenters. The summed E-state index contributed by atoms with van der Waals surface area (Å²) in [6.07, 6.45) is 5.74. The maximum absolute atomic E-state index is 12.1. The fraction of sp³-hybridized carbons (Fsp3) is 0.600. The van der Waals surface area contributed by atoms with Gasteiger partial charge < -0.3 is 10.2 Å². The Labute approximate surface area is 142 Å². The summed E-state index contributed by atoms with van der Waals surface area (Å²) in [5.41, 5.74) is 0.900. The largest absolute Gasteiger partial charge is 0.396 e. The number of aliphatic hydroxyl groups excluding tert-OH is 1. The van der Waals surface area contributed by atoms with Gasteiger partial charge in [-0.3, -0.25) is 0 Å². The molecule has 0 amide bonds. The third kappa shape index (κ3) is 3.33. The van der Waals surface area contributed by atoms with Gasteiger partial charge in [0.1, 0.15) is 8.07 Å². The summed E-state index contributed by atoms with van der Waals surface area (Å²) in [6, 6.07) is 10.4. The van der Waals surface area contributed by atoms with Crippen LogP contribution in [0, 0.1) is 11.8 Å². The molecule has 1 aromatic rings. The van der Waals surface area contributed by atoms with Gasteiger partial charge in [0.25, 0.3) is 0 Å². The van der Waals surface area contributed by atoms with Gasteiger partial charge in [0, 0.05) is 5.92 Å². The Morgan fingerprint density at radius 2 is 1.78 bits per heavy atom. The predicted molar refractivity (Wildman–Crippen MR) is 100 cm³/mol. The normalized spacial score (nSPS) is 20.7. The number of benzene rings is 1. The second kappa shape index (κ2) is 7.33. The van der Waals surface area contributed by atoms with E-state index in [1.165, 1.54) is 24.4 Å². The maximum Gasteiger partial charge on any atom is 0.118 e. The molecule has 23 heavy (non-hydrogen) atoms. The summed E-state index contributed by atoms with van der Waals surface area (Å²) in [5.74, 6) is 0.0134. The van der Waals surface area contributed by atoms with Crippen LogP contribution in [0.15, 0.2) is 42.5 Å². The minimum absolute atomic E-state index is 0.0222. The maximum atomic E-state index is 12.1. The Balaban J connectivity index is 2.53. The molecule has 0 saturated heterocycles. The minimum atomic E-state index is -2.23. The Morgan fingerprint density at radius 3 is 2.26 bits per heavy atom. The minimum Gasteiger partial charge on any atom is -0.396 e. The lowest BCUT2D eigenvalue weighted by atomic mass is 9.78. The molecule has 0 bridgehead atoms. The number of rotatable bonds is 6. The molecular formula is C20H32O2Si. The zero-order valence-electron chi connectivity index (χ0n) is 14.9. The molecule has 2 N–H and O–H groups in total. The van der Waals surface area contributed by atoms with Gasteiger partial charge in [-0.15, -0.1) is 0 Å². The Morgan fingerprint density at radius 1 is 1.22 bits per heavy atom. The first-order chi connectivity index (χ1) is 10.9. The highest BCUT2D eigenvalue weighted by Crippen LogP contribution is 2.44. The highest BCUT2D eigenvalue weighted by molar-refractivity contribution is 6.92. The highest BCUT2D eigenvalue weighted by atomic mass is 28.3. The summed E-state index contributed by atoms with van der Waals surface area (Å²) in [5, 5.41) is 22.6. The molecular weight excluding hydrogens is 300 g/mol. The van der Waals surface area contributed by atoms with Crippen molar-refractivity contribution in [2.24, 2.45) is 11.8 Å². The van der Waals surface area contributed by atoms with Gasteiger partial charge in [0.15, 0.2) is 0 Å². The van der Waals surface area contributed by atoms with Crippen molar-refractivity contribution < 1.29 is 10.2 Å². The zero-order valence-corrected chi connectivity index (χ0v) is 15.9. The van der Waals surface area contributed by atoms with Crippen molar-refractivity contribution in [1.82, 2.24) is 0 Å². The van der Waals surface area contributed by atoms with Gasteiger partial charge in [-0.1, -0.05) is 80.0 Å². The molecule has 2 atom stereocenters. The predicted octanol–water partition coefficient (Wildman–Crippen LogP) is 3.64. The van der Waals surface area contributed by atoms with Crippen molar-refractivity contribution in [2.45, 2.75) is 57.3 Å². The van der Waals surface area contributed by atoms with E-state index in [0.717, 1.165) is 18.4 Å². The van der Waals surface area contributed by atoms with Gasteiger partial charge in [0.05, 0.1) is 11.8 Å². The van der Waals surface area contributed by atoms with Crippen LogP contribution in [-0.4, -0.2) is 30.1 Å². The summed E-state index contributed by atoms with van der Waals surface area (Å²) in [4.78, 5) is 0. The van der Waals surface area contributed by atoms with Gasteiger partial charge in [-0.2, -0.15) is 0 Å². The molecule has 2 rings (SSSR count). The van der Waals surface area contributed by atoms with Crippen molar-refractivity contribution >= 4 is 13.3 Å². The second-order valence-electron chi connectivity index (χ2n) is 7.73. The van der Waals surface area contributed by atoms with E-state index in [1.54, 1.807) is 0 Å². The number of aliphatic hydroxyl groups is 2. The quantitative estimate of drug-likeness (QED) is 0.617. The molecule has 1 saturated carbocycles. The van der Waals surface area contributed by atoms with Crippen LogP contribution in [0.4, 0.5) is 0 Å². The van der Waals surface area contributed by atoms with Gasteiger partial charge >= 0.3 is 0 Å². The molecule has 0 spiro atoms. The highest BCUT2D eigenvalue weighted by Gasteiger charge is 2.55. The Hall–Kier alpha value is -0.903. The van der Waals surface area contributed by atoms with Gasteiger partial charge in [-0.05, 0) is 25.7 Å². The van der Waals surface area contributed by atoms with Gasteiger partial charge in [0.2, 0.25) is 0 Å². The third-order valence-corrected chi connectivity index (χ3v) is 10.6. The molecule has 2 nitrogen and oxygen atoms in total. The molecule has 0 heterocycles. The molecule has 3 heteroatoms. The standard InChI is InChI=1S/C20H32O2Si/c1-16(2)19(15-21)20(22,17-11-7-5-8-12-17)23(3,4)18-13-9-6-10-14-18/h6,9-10,13-14,17,19,21-22H,1,5,7-8,11-12,15H2,2-4H3/t19-,20-/m0/s1. The van der Waals surface area contributed by atoms with Crippen LogP contribution in [0.2, 0.25) is 13.1 Å².